The van der Waals surface area contributed by atoms with Gasteiger partial charge in [0.2, 0.25) is 12.1 Å². The molecule has 2 fully saturated rings. The van der Waals surface area contributed by atoms with Gasteiger partial charge in [0.25, 0.3) is 0 Å². The Bertz CT molecular complexity index is 2480. The van der Waals surface area contributed by atoms with E-state index < -0.39 is 151 Å². The summed E-state index contributed by atoms with van der Waals surface area (Å²) in [5, 5.41) is 0. The second kappa shape index (κ2) is 135. The summed E-state index contributed by atoms with van der Waals surface area (Å²) in [6, 6.07) is 0. The lowest BCUT2D eigenvalue weighted by Crippen LogP contribution is -2.66. The van der Waals surface area contributed by atoms with Crippen molar-refractivity contribution >= 4 is 355 Å². The maximum atomic E-state index is 12.8. The van der Waals surface area contributed by atoms with Gasteiger partial charge in [0, 0.05) is 139 Å². The molecule has 99 heteroatoms. The van der Waals surface area contributed by atoms with E-state index in [0.29, 0.717) is 0 Å². The average Bonchev–Trinajstić information content (AvgIpc) is 3.76. The molecule has 0 saturated carbocycles. The summed E-state index contributed by atoms with van der Waals surface area (Å²) in [6.45, 7) is -3.80. The second-order valence-corrected chi connectivity index (χ2v) is 24.2. The fourth-order valence-corrected chi connectivity index (χ4v) is 9.15. The summed E-state index contributed by atoms with van der Waals surface area (Å²) >= 11 is 9.02. The highest BCUT2D eigenvalue weighted by Gasteiger charge is 2.66. The minimum absolute atomic E-state index is 0. The van der Waals surface area contributed by atoms with Gasteiger partial charge >= 0.3 is 216 Å². The highest BCUT2D eigenvalue weighted by atomic mass is 32.3. The molecule has 682 valence electrons. The van der Waals surface area contributed by atoms with E-state index in [1.807, 2.05) is 0 Å². The van der Waals surface area contributed by atoms with Crippen LogP contribution in [0, 0.1) is 0 Å². The molecular formula is C11H92Al16O75S8. The zero-order valence-electron chi connectivity index (χ0n) is 53.3. The zero-order chi connectivity index (χ0) is 48.0. The third-order valence-corrected chi connectivity index (χ3v) is 17.4. The predicted molar refractivity (Wildman–Crippen MR) is 371 cm³/mol. The van der Waals surface area contributed by atoms with E-state index in [1.165, 1.54) is 16.6 Å². The van der Waals surface area contributed by atoms with Crippen LogP contribution in [0.5, 0.6) is 0 Å². The number of rotatable bonds is 28. The highest BCUT2D eigenvalue weighted by molar-refractivity contribution is 7.84. The van der Waals surface area contributed by atoms with Gasteiger partial charge in [0.15, 0.2) is 24.6 Å². The van der Waals surface area contributed by atoms with Crippen LogP contribution in [0.3, 0.4) is 0 Å². The van der Waals surface area contributed by atoms with Crippen LogP contribution in [0.15, 0.2) is 0 Å². The first-order chi connectivity index (χ1) is 28.2. The van der Waals surface area contributed by atoms with Crippen molar-refractivity contribution < 1.29 is 360 Å². The summed E-state index contributed by atoms with van der Waals surface area (Å²) in [4.78, 5) is 0. The minimum atomic E-state index is -5.71. The maximum absolute atomic E-state index is 12.8. The quantitative estimate of drug-likeness (QED) is 0.0656. The van der Waals surface area contributed by atoms with E-state index >= 15 is 0 Å². The molecule has 75 nitrogen and oxygen atoms in total. The standard InChI is InChI=1S/C11H20O35S8.16Al.40H2O/c12-47(13,14)36-1-3-4(41-49(18,19)20)5(42-50(21,22)23)6(43-51(24,25)26)9(38-3)39-11(2-37-48(15,16)17)8(45-53(30,31)32)7(44-52(27,28)29)10(40-11)46-54(33,34)35;;;;;;;;;;;;;;;;;;;;;;;;;;;;;;;;;;;;;;;;;;;;;;;;;;;;;;;;/h3-10H,1-2H2,(H,12,13,14)(H,15,16,17)(H,18,19,20)(H,21,22,23)(H,24,25,26)(H,27,28,29)(H,30,31,32)(H,33,34,35);;;;;;;;;;;;;;;;;40*1H2/q;;;;;;;;;8*+1;;;;;;;;;;;;;;;;;;;;;;;;;;;;;;;;;;;;;;;;/p-8. The third kappa shape index (κ3) is 106. The molecule has 0 aromatic carbocycles. The molecule has 2 heterocycles. The largest absolute Gasteiger partial charge is 0.412 e. The van der Waals surface area contributed by atoms with Gasteiger partial charge in [-0.25, -0.2) is 33.5 Å². The molecule has 9 atom stereocenters. The smallest absolute Gasteiger partial charge is 0.408 e. The van der Waals surface area contributed by atoms with Gasteiger partial charge in [0.1, 0.15) is 24.9 Å². The van der Waals surface area contributed by atoms with Crippen LogP contribution in [0.1, 0.15) is 0 Å². The van der Waals surface area contributed by atoms with Crippen molar-refractivity contribution in [2.45, 2.75) is 55.0 Å². The van der Waals surface area contributed by atoms with Crippen molar-refractivity contribution in [2.75, 3.05) is 13.2 Å². The van der Waals surface area contributed by atoms with Crippen LogP contribution >= 0.6 is 0 Å². The summed E-state index contributed by atoms with van der Waals surface area (Å²) in [6.07, 6.45) is -24.5. The highest BCUT2D eigenvalue weighted by Crippen LogP contribution is 2.44. The topological polar surface area (TPSA) is 1710 Å². The Labute approximate surface area is 774 Å². The molecule has 40 radical (unpaired) electrons. The summed E-state index contributed by atoms with van der Waals surface area (Å²) in [7, 11) is -44.3. The molecule has 0 spiro atoms. The molecule has 80 N–H and O–H groups in total. The van der Waals surface area contributed by atoms with E-state index in [-0.39, 0.29) is 358 Å². The Morgan fingerprint density at radius 2 is 0.436 bits per heavy atom. The Hall–Kier alpha value is 5.76. The zero-order valence-corrected chi connectivity index (χ0v) is 78.3. The molecule has 0 aliphatic carbocycles. The van der Waals surface area contributed by atoms with Gasteiger partial charge in [0.05, 0.1) is 6.61 Å². The van der Waals surface area contributed by atoms with Crippen LogP contribution in [-0.2, 0) is 157 Å². The molecule has 2 aliphatic rings. The first-order valence-corrected chi connectivity index (χ1v) is 28.0. The first kappa shape index (κ1) is 322. The normalized spacial score (nSPS) is 16.0. The van der Waals surface area contributed by atoms with E-state index in [0.717, 1.165) is 116 Å². The molecule has 9 unspecified atom stereocenters. The molecule has 0 aromatic rings. The van der Waals surface area contributed by atoms with Crippen molar-refractivity contribution in [2.24, 2.45) is 0 Å². The summed E-state index contributed by atoms with van der Waals surface area (Å²) in [5.74, 6) is -3.93. The van der Waals surface area contributed by atoms with Crippen LogP contribution in [0.2, 0.25) is 0 Å². The van der Waals surface area contributed by atoms with Gasteiger partial charge < -0.3 is 259 Å². The van der Waals surface area contributed by atoms with Gasteiger partial charge in [-0.3, -0.25) is 0 Å². The second-order valence-electron chi connectivity index (χ2n) is 9.90. The Balaban J connectivity index is -0.0000000184. The third-order valence-electron chi connectivity index (χ3n) is 6.30. The SMILES string of the molecule is O.O.O.O.O.O.O.O.O.O.O.O.O.O.O.O.O.O.O.O.O.O.O.O.O.O.O.O.O.O.O.O.O.O.O.O.O.O.O.O.O=S(=O)([O][Al])OCC1OC(OC2(COS(=O)(=O)[O][Al])OC(OS(=O)(=O)[O][Al])C(OS(=O)(=O)[O][Al])C2OS(=O)(=O)[O][Al])C(OS(=O)(=O)[O][Al])C(OS(=O)(=O)[O][Al])C1OS(=O)(=O)[O][Al].[Al].[Al].[Al].[Al].[Al].[Al].[Al].[Al]. The van der Waals surface area contributed by atoms with E-state index in [1.54, 1.807) is 0 Å². The van der Waals surface area contributed by atoms with Gasteiger partial charge in [-0.15, -0.1) is 0 Å². The minimum Gasteiger partial charge on any atom is -0.412 e. The molecule has 110 heavy (non-hydrogen) atoms. The van der Waals surface area contributed by atoms with E-state index in [9.17, 15) is 67.3 Å². The number of ether oxygens (including phenoxy) is 3. The molecule has 2 aliphatic heterocycles. The molecule has 0 bridgehead atoms. The van der Waals surface area contributed by atoms with Crippen LogP contribution in [0.25, 0.3) is 0 Å². The average molecular weight is 2110 g/mol. The predicted octanol–water partition coefficient (Wildman–Crippen LogP) is -46.5. The lowest BCUT2D eigenvalue weighted by Gasteiger charge is -2.46. The van der Waals surface area contributed by atoms with Crippen LogP contribution < -0.4 is 0 Å². The summed E-state index contributed by atoms with van der Waals surface area (Å²) < 4.78 is 287. The van der Waals surface area contributed by atoms with Gasteiger partial charge in [-0.2, -0.15) is 67.3 Å². The van der Waals surface area contributed by atoms with Crippen molar-refractivity contribution in [3.63, 3.8) is 0 Å². The van der Waals surface area contributed by atoms with Crippen molar-refractivity contribution in [1.82, 2.24) is 0 Å². The van der Waals surface area contributed by atoms with E-state index in [4.69, 9.17) is 30.9 Å². The van der Waals surface area contributed by atoms with Crippen LogP contribution in [0.4, 0.5) is 0 Å². The Morgan fingerprint density at radius 1 is 0.236 bits per heavy atom. The Kier molecular flexibility index (Phi) is 397. The Morgan fingerprint density at radius 3 is 0.682 bits per heavy atom. The molecule has 0 aromatic heterocycles. The lowest BCUT2D eigenvalue weighted by atomic mass is 9.99. The molecule has 2 rings (SSSR count). The first-order valence-electron chi connectivity index (χ1n) is 13.6. The van der Waals surface area contributed by atoms with E-state index in [2.05, 4.69) is 42.6 Å². The van der Waals surface area contributed by atoms with Crippen LogP contribution in [-0.4, -0.2) is 626 Å². The maximum Gasteiger partial charge on any atom is 0.408 e. The fourth-order valence-electron chi connectivity index (χ4n) is 4.18. The van der Waals surface area contributed by atoms with Gasteiger partial charge in [-0.1, -0.05) is 0 Å². The monoisotopic (exact) mass is 2110 g/mol. The number of hydrogen-bond acceptors (Lipinski definition) is 35. The molecular weight excluding hydrogens is 2020 g/mol. The summed E-state index contributed by atoms with van der Waals surface area (Å²) in [5.41, 5.74) is 0. The molecule has 0 amide bonds. The molecule has 2 saturated heterocycles. The van der Waals surface area contributed by atoms with Crippen molar-refractivity contribution in [1.29, 1.82) is 0 Å². The van der Waals surface area contributed by atoms with Crippen molar-refractivity contribution in [3.8, 4) is 0 Å². The van der Waals surface area contributed by atoms with Gasteiger partial charge in [-0.05, 0) is 0 Å². The lowest BCUT2D eigenvalue weighted by molar-refractivity contribution is -0.379. The number of hydrogen-bond donors (Lipinski definition) is 0. The fraction of sp³-hybridized carbons (Fsp3) is 1.00. The van der Waals surface area contributed by atoms with Crippen molar-refractivity contribution in [3.05, 3.63) is 0 Å².